The lowest BCUT2D eigenvalue weighted by molar-refractivity contribution is -0.127. The maximum Gasteiger partial charge on any atom is 0.241 e. The van der Waals surface area contributed by atoms with Crippen LogP contribution in [0.25, 0.3) is 11.4 Å². The number of piperazine rings is 1. The first kappa shape index (κ1) is 19.8. The van der Waals surface area contributed by atoms with Crippen molar-refractivity contribution in [3.8, 4) is 11.4 Å². The van der Waals surface area contributed by atoms with Crippen molar-refractivity contribution >= 4 is 17.5 Å². The number of carbonyl (C=O) groups excluding carboxylic acids is 1. The Morgan fingerprint density at radius 3 is 2.48 bits per heavy atom. The number of nitrogens with one attached hydrogen (secondary N) is 1. The van der Waals surface area contributed by atoms with Gasteiger partial charge in [-0.2, -0.15) is 4.98 Å². The van der Waals surface area contributed by atoms with Crippen molar-refractivity contribution in [1.82, 2.24) is 25.3 Å². The molecule has 2 aromatic rings. The Labute approximate surface area is 164 Å². The number of nitrogens with zero attached hydrogens (tertiary/aromatic N) is 4. The highest BCUT2D eigenvalue weighted by Crippen LogP contribution is 2.19. The maximum atomic E-state index is 12.2. The van der Waals surface area contributed by atoms with Gasteiger partial charge in [0.25, 0.3) is 0 Å². The second-order valence-corrected chi connectivity index (χ2v) is 7.61. The molecule has 8 heteroatoms. The third-order valence-electron chi connectivity index (χ3n) is 4.69. The summed E-state index contributed by atoms with van der Waals surface area (Å²) in [4.78, 5) is 21.1. The predicted molar refractivity (Wildman–Crippen MR) is 104 cm³/mol. The van der Waals surface area contributed by atoms with Gasteiger partial charge in [-0.15, -0.1) is 0 Å². The Balaban J connectivity index is 1.51. The summed E-state index contributed by atoms with van der Waals surface area (Å²) in [7, 11) is 0. The van der Waals surface area contributed by atoms with Crippen LogP contribution in [0.4, 0.5) is 0 Å². The normalized spacial score (nSPS) is 17.2. The van der Waals surface area contributed by atoms with E-state index < -0.39 is 0 Å². The molecule has 1 aromatic carbocycles. The van der Waals surface area contributed by atoms with E-state index in [1.54, 1.807) is 0 Å². The largest absolute Gasteiger partial charge is 0.353 e. The molecule has 1 atom stereocenters. The Morgan fingerprint density at radius 2 is 1.85 bits per heavy atom. The van der Waals surface area contributed by atoms with Gasteiger partial charge < -0.3 is 9.84 Å². The zero-order valence-electron chi connectivity index (χ0n) is 16.0. The summed E-state index contributed by atoms with van der Waals surface area (Å²) in [5.74, 6) is 1.25. The first-order chi connectivity index (χ1) is 12.9. The fourth-order valence-electron chi connectivity index (χ4n) is 3.11. The van der Waals surface area contributed by atoms with Gasteiger partial charge in [0.05, 0.1) is 12.6 Å². The van der Waals surface area contributed by atoms with E-state index in [-0.39, 0.29) is 18.0 Å². The molecule has 1 amide bonds. The van der Waals surface area contributed by atoms with Gasteiger partial charge in [-0.25, -0.2) is 0 Å². The molecule has 2 heterocycles. The molecule has 1 aliphatic heterocycles. The summed E-state index contributed by atoms with van der Waals surface area (Å²) in [6, 6.07) is 7.41. The van der Waals surface area contributed by atoms with Crippen molar-refractivity contribution in [2.75, 3.05) is 26.2 Å². The summed E-state index contributed by atoms with van der Waals surface area (Å²) in [6.45, 7) is 9.92. The molecule has 0 saturated carbocycles. The molecule has 0 aliphatic carbocycles. The molecule has 3 rings (SSSR count). The number of aromatic nitrogens is 2. The van der Waals surface area contributed by atoms with Gasteiger partial charge in [-0.1, -0.05) is 16.8 Å². The van der Waals surface area contributed by atoms with Crippen LogP contribution in [-0.4, -0.2) is 64.1 Å². The highest BCUT2D eigenvalue weighted by atomic mass is 35.5. The fraction of sp³-hybridized carbons (Fsp3) is 0.526. The second kappa shape index (κ2) is 8.82. The molecule has 7 nitrogen and oxygen atoms in total. The van der Waals surface area contributed by atoms with Crippen molar-refractivity contribution in [3.05, 3.63) is 35.2 Å². The quantitative estimate of drug-likeness (QED) is 0.815. The minimum atomic E-state index is -0.116. The Morgan fingerprint density at radius 1 is 1.19 bits per heavy atom. The first-order valence-electron chi connectivity index (χ1n) is 9.27. The van der Waals surface area contributed by atoms with Crippen molar-refractivity contribution in [2.45, 2.75) is 39.4 Å². The Hall–Kier alpha value is -1.96. The summed E-state index contributed by atoms with van der Waals surface area (Å²) >= 11 is 5.91. The van der Waals surface area contributed by atoms with E-state index in [2.05, 4.69) is 25.3 Å². The monoisotopic (exact) mass is 391 g/mol. The average molecular weight is 392 g/mol. The van der Waals surface area contributed by atoms with E-state index >= 15 is 0 Å². The zero-order chi connectivity index (χ0) is 19.4. The van der Waals surface area contributed by atoms with Crippen LogP contribution in [0.2, 0.25) is 5.02 Å². The van der Waals surface area contributed by atoms with Gasteiger partial charge in [0.1, 0.15) is 0 Å². The smallest absolute Gasteiger partial charge is 0.241 e. The highest BCUT2D eigenvalue weighted by Gasteiger charge is 2.26. The topological polar surface area (TPSA) is 74.5 Å². The van der Waals surface area contributed by atoms with E-state index in [9.17, 15) is 4.79 Å². The van der Waals surface area contributed by atoms with Crippen molar-refractivity contribution in [2.24, 2.45) is 0 Å². The molecule has 1 aromatic heterocycles. The van der Waals surface area contributed by atoms with Crippen LogP contribution >= 0.6 is 11.6 Å². The zero-order valence-corrected chi connectivity index (χ0v) is 16.7. The molecule has 27 heavy (non-hydrogen) atoms. The van der Waals surface area contributed by atoms with E-state index in [0.717, 1.165) is 31.7 Å². The molecule has 0 bridgehead atoms. The van der Waals surface area contributed by atoms with E-state index in [1.807, 2.05) is 45.0 Å². The SMILES string of the molecule is CC(C)NC(=O)C(C)N1CCN(Cc2nc(-c3ccc(Cl)cc3)no2)CC1. The van der Waals surface area contributed by atoms with Crippen molar-refractivity contribution in [3.63, 3.8) is 0 Å². The maximum absolute atomic E-state index is 12.2. The van der Waals surface area contributed by atoms with Gasteiger partial charge >= 0.3 is 0 Å². The minimum Gasteiger partial charge on any atom is -0.353 e. The van der Waals surface area contributed by atoms with Gasteiger partial charge in [-0.05, 0) is 45.0 Å². The number of hydrogen-bond donors (Lipinski definition) is 1. The molecule has 1 N–H and O–H groups in total. The number of hydrogen-bond acceptors (Lipinski definition) is 6. The lowest BCUT2D eigenvalue weighted by atomic mass is 10.2. The highest BCUT2D eigenvalue weighted by molar-refractivity contribution is 6.30. The molecule has 1 fully saturated rings. The van der Waals surface area contributed by atoms with Crippen LogP contribution in [-0.2, 0) is 11.3 Å². The summed E-state index contributed by atoms with van der Waals surface area (Å²) in [5.41, 5.74) is 0.879. The van der Waals surface area contributed by atoms with Gasteiger partial charge in [-0.3, -0.25) is 14.6 Å². The summed E-state index contributed by atoms with van der Waals surface area (Å²) in [6.07, 6.45) is 0. The third-order valence-corrected chi connectivity index (χ3v) is 4.95. The van der Waals surface area contributed by atoms with Crippen molar-refractivity contribution < 1.29 is 9.32 Å². The van der Waals surface area contributed by atoms with Crippen LogP contribution in [0.1, 0.15) is 26.7 Å². The second-order valence-electron chi connectivity index (χ2n) is 7.17. The minimum absolute atomic E-state index is 0.0861. The van der Waals surface area contributed by atoms with E-state index in [1.165, 1.54) is 0 Å². The Bertz CT molecular complexity index is 754. The van der Waals surface area contributed by atoms with Gasteiger partial charge in [0, 0.05) is 42.8 Å². The first-order valence-corrected chi connectivity index (χ1v) is 9.65. The van der Waals surface area contributed by atoms with E-state index in [0.29, 0.717) is 23.3 Å². The molecule has 1 aliphatic rings. The molecule has 1 saturated heterocycles. The Kier molecular flexibility index (Phi) is 6.46. The lowest BCUT2D eigenvalue weighted by Crippen LogP contribution is -2.54. The number of amides is 1. The molecule has 0 radical (unpaired) electrons. The van der Waals surface area contributed by atoms with Crippen molar-refractivity contribution in [1.29, 1.82) is 0 Å². The lowest BCUT2D eigenvalue weighted by Gasteiger charge is -2.37. The number of carbonyl (C=O) groups is 1. The third kappa shape index (κ3) is 5.28. The van der Waals surface area contributed by atoms with Crippen LogP contribution in [0.15, 0.2) is 28.8 Å². The van der Waals surface area contributed by atoms with Crippen LogP contribution in [0, 0.1) is 0 Å². The van der Waals surface area contributed by atoms with Crippen LogP contribution < -0.4 is 5.32 Å². The number of benzene rings is 1. The van der Waals surface area contributed by atoms with E-state index in [4.69, 9.17) is 16.1 Å². The molecular weight excluding hydrogens is 366 g/mol. The molecule has 1 unspecified atom stereocenters. The van der Waals surface area contributed by atoms with Crippen LogP contribution in [0.5, 0.6) is 0 Å². The predicted octanol–water partition coefficient (Wildman–Crippen LogP) is 2.42. The average Bonchev–Trinajstić information content (AvgIpc) is 3.10. The van der Waals surface area contributed by atoms with Gasteiger partial charge in [0.2, 0.25) is 17.6 Å². The summed E-state index contributed by atoms with van der Waals surface area (Å²) < 4.78 is 5.39. The fourth-order valence-corrected chi connectivity index (χ4v) is 3.23. The standard InChI is InChI=1S/C19H26ClN5O2/c1-13(2)21-19(26)14(3)25-10-8-24(9-11-25)12-17-22-18(23-27-17)15-4-6-16(20)7-5-15/h4-7,13-14H,8-12H2,1-3H3,(H,21,26). The summed E-state index contributed by atoms with van der Waals surface area (Å²) in [5, 5.41) is 7.71. The van der Waals surface area contributed by atoms with Crippen LogP contribution in [0.3, 0.4) is 0 Å². The molecule has 146 valence electrons. The molecule has 0 spiro atoms. The number of rotatable bonds is 6. The number of halogens is 1. The van der Waals surface area contributed by atoms with Gasteiger partial charge in [0.15, 0.2) is 0 Å². The molecular formula is C19H26ClN5O2.